The van der Waals surface area contributed by atoms with E-state index in [0.29, 0.717) is 38.9 Å². The lowest BCUT2D eigenvalue weighted by atomic mass is 9.96. The van der Waals surface area contributed by atoms with Crippen LogP contribution in [-0.2, 0) is 22.4 Å². The van der Waals surface area contributed by atoms with Crippen molar-refractivity contribution in [3.8, 4) is 5.75 Å². The Bertz CT molecular complexity index is 810. The molecule has 0 bridgehead atoms. The molecule has 1 aliphatic heterocycles. The van der Waals surface area contributed by atoms with Crippen LogP contribution in [0.1, 0.15) is 30.5 Å². The Balaban J connectivity index is 1.42. The molecule has 1 atom stereocenters. The highest BCUT2D eigenvalue weighted by atomic mass is 16.5. The van der Waals surface area contributed by atoms with Crippen molar-refractivity contribution in [3.63, 3.8) is 0 Å². The zero-order valence-corrected chi connectivity index (χ0v) is 17.0. The van der Waals surface area contributed by atoms with Crippen molar-refractivity contribution in [2.24, 2.45) is 5.92 Å². The molecule has 29 heavy (non-hydrogen) atoms. The molecule has 1 aromatic heterocycles. The van der Waals surface area contributed by atoms with Gasteiger partial charge in [-0.2, -0.15) is 0 Å². The number of nitrogens with one attached hydrogen (secondary N) is 1. The van der Waals surface area contributed by atoms with E-state index >= 15 is 0 Å². The van der Waals surface area contributed by atoms with Crippen LogP contribution in [0.2, 0.25) is 0 Å². The fourth-order valence-corrected chi connectivity index (χ4v) is 3.68. The van der Waals surface area contributed by atoms with Crippen molar-refractivity contribution in [2.75, 3.05) is 26.7 Å². The number of methoxy groups -OCH3 is 1. The monoisotopic (exact) mass is 395 g/mol. The van der Waals surface area contributed by atoms with Gasteiger partial charge < -0.3 is 15.0 Å². The molecule has 0 unspecified atom stereocenters. The number of carbonyl (C=O) groups excluding carboxylic acids is 2. The zero-order valence-electron chi connectivity index (χ0n) is 17.0. The van der Waals surface area contributed by atoms with Gasteiger partial charge in [0.15, 0.2) is 0 Å². The van der Waals surface area contributed by atoms with E-state index in [1.807, 2.05) is 42.5 Å². The molecule has 6 nitrogen and oxygen atoms in total. The number of para-hydroxylation sites is 1. The summed E-state index contributed by atoms with van der Waals surface area (Å²) in [4.78, 5) is 30.9. The number of nitrogens with zero attached hydrogens (tertiary/aromatic N) is 2. The van der Waals surface area contributed by atoms with Crippen molar-refractivity contribution in [1.29, 1.82) is 0 Å². The Labute approximate surface area is 172 Å². The molecule has 0 spiro atoms. The second kappa shape index (κ2) is 10.6. The number of benzene rings is 1. The van der Waals surface area contributed by atoms with Crippen LogP contribution < -0.4 is 10.1 Å². The summed E-state index contributed by atoms with van der Waals surface area (Å²) in [5.74, 6) is 0.914. The molecule has 0 aliphatic carbocycles. The van der Waals surface area contributed by atoms with Crippen LogP contribution in [0.15, 0.2) is 48.7 Å². The first-order valence-corrected chi connectivity index (χ1v) is 10.2. The van der Waals surface area contributed by atoms with Crippen LogP contribution in [-0.4, -0.2) is 48.4 Å². The lowest BCUT2D eigenvalue weighted by Gasteiger charge is -2.32. The summed E-state index contributed by atoms with van der Waals surface area (Å²) in [6.07, 6.45) is 5.22. The third-order valence-corrected chi connectivity index (χ3v) is 5.35. The van der Waals surface area contributed by atoms with Gasteiger partial charge >= 0.3 is 0 Å². The number of hydrogen-bond donors (Lipinski definition) is 1. The van der Waals surface area contributed by atoms with Crippen LogP contribution in [0, 0.1) is 5.92 Å². The maximum Gasteiger partial charge on any atom is 0.224 e. The molecule has 2 heterocycles. The van der Waals surface area contributed by atoms with Crippen LogP contribution in [0.5, 0.6) is 5.75 Å². The highest BCUT2D eigenvalue weighted by Gasteiger charge is 2.29. The van der Waals surface area contributed by atoms with E-state index in [4.69, 9.17) is 4.74 Å². The van der Waals surface area contributed by atoms with E-state index in [1.54, 1.807) is 18.2 Å². The van der Waals surface area contributed by atoms with Crippen LogP contribution in [0.25, 0.3) is 0 Å². The summed E-state index contributed by atoms with van der Waals surface area (Å²) < 4.78 is 5.37. The van der Waals surface area contributed by atoms with Gasteiger partial charge in [0.2, 0.25) is 11.8 Å². The summed E-state index contributed by atoms with van der Waals surface area (Å²) in [6.45, 7) is 1.71. The third-order valence-electron chi connectivity index (χ3n) is 5.35. The van der Waals surface area contributed by atoms with Crippen molar-refractivity contribution >= 4 is 11.8 Å². The van der Waals surface area contributed by atoms with Gasteiger partial charge in [-0.05, 0) is 43.0 Å². The van der Waals surface area contributed by atoms with E-state index in [1.165, 1.54) is 0 Å². The van der Waals surface area contributed by atoms with Gasteiger partial charge in [0, 0.05) is 44.4 Å². The molecular weight excluding hydrogens is 366 g/mol. The number of pyridine rings is 1. The first-order valence-electron chi connectivity index (χ1n) is 10.2. The van der Waals surface area contributed by atoms with Gasteiger partial charge in [-0.15, -0.1) is 0 Å². The molecule has 0 saturated carbocycles. The van der Waals surface area contributed by atoms with E-state index in [9.17, 15) is 9.59 Å². The van der Waals surface area contributed by atoms with Gasteiger partial charge in [-0.1, -0.05) is 24.3 Å². The molecule has 2 aromatic rings. The first-order chi connectivity index (χ1) is 14.2. The average Bonchev–Trinajstić information content (AvgIpc) is 2.77. The van der Waals surface area contributed by atoms with Crippen molar-refractivity contribution in [3.05, 3.63) is 59.9 Å². The molecule has 0 radical (unpaired) electrons. The number of aromatic nitrogens is 1. The predicted molar refractivity (Wildman–Crippen MR) is 112 cm³/mol. The highest BCUT2D eigenvalue weighted by Crippen LogP contribution is 2.20. The van der Waals surface area contributed by atoms with Gasteiger partial charge in [0.25, 0.3) is 0 Å². The molecule has 3 rings (SSSR count). The minimum absolute atomic E-state index is 0.0420. The quantitative estimate of drug-likeness (QED) is 0.663. The topological polar surface area (TPSA) is 71.5 Å². The van der Waals surface area contributed by atoms with E-state index < -0.39 is 0 Å². The summed E-state index contributed by atoms with van der Waals surface area (Å²) in [7, 11) is 1.67. The van der Waals surface area contributed by atoms with Crippen molar-refractivity contribution < 1.29 is 14.3 Å². The number of rotatable bonds is 9. The van der Waals surface area contributed by atoms with E-state index in [-0.39, 0.29) is 17.7 Å². The van der Waals surface area contributed by atoms with E-state index in [2.05, 4.69) is 10.3 Å². The van der Waals surface area contributed by atoms with Gasteiger partial charge in [-0.3, -0.25) is 14.6 Å². The molecular formula is C23H29N3O3. The molecule has 1 saturated heterocycles. The smallest absolute Gasteiger partial charge is 0.224 e. The first kappa shape index (κ1) is 20.8. The highest BCUT2D eigenvalue weighted by molar-refractivity contribution is 5.83. The van der Waals surface area contributed by atoms with Crippen LogP contribution in [0.4, 0.5) is 0 Å². The molecule has 1 N–H and O–H groups in total. The van der Waals surface area contributed by atoms with Gasteiger partial charge in [0.1, 0.15) is 5.75 Å². The molecule has 1 fully saturated rings. The molecule has 6 heteroatoms. The summed E-state index contributed by atoms with van der Waals surface area (Å²) in [5.41, 5.74) is 2.11. The average molecular weight is 396 g/mol. The molecule has 1 aliphatic rings. The minimum Gasteiger partial charge on any atom is -0.496 e. The Morgan fingerprint density at radius 1 is 1.21 bits per heavy atom. The number of amides is 2. The Hall–Kier alpha value is -2.89. The van der Waals surface area contributed by atoms with E-state index in [0.717, 1.165) is 29.8 Å². The second-order valence-electron chi connectivity index (χ2n) is 7.35. The molecule has 1 aromatic carbocycles. The minimum atomic E-state index is -0.136. The standard InChI is InChI=1S/C23H29N3O3/c1-29-21-10-3-2-7-18(21)8-6-15-25-23(28)19-11-12-22(27)26(17-19)16-13-20-9-4-5-14-24-20/h2-5,7,9-10,14,19H,6,8,11-13,15-17H2,1H3,(H,25,28)/t19-/m0/s1. The maximum absolute atomic E-state index is 12.6. The van der Waals surface area contributed by atoms with Crippen LogP contribution in [0.3, 0.4) is 0 Å². The number of ether oxygens (including phenoxy) is 1. The largest absolute Gasteiger partial charge is 0.496 e. The number of aryl methyl sites for hydroxylation is 1. The second-order valence-corrected chi connectivity index (χ2v) is 7.35. The molecule has 154 valence electrons. The maximum atomic E-state index is 12.6. The lowest BCUT2D eigenvalue weighted by molar-refractivity contribution is -0.138. The Morgan fingerprint density at radius 2 is 2.03 bits per heavy atom. The van der Waals surface area contributed by atoms with Crippen molar-refractivity contribution in [1.82, 2.24) is 15.2 Å². The number of carbonyl (C=O) groups is 2. The van der Waals surface area contributed by atoms with Crippen LogP contribution >= 0.6 is 0 Å². The third kappa shape index (κ3) is 6.04. The summed E-state index contributed by atoms with van der Waals surface area (Å²) >= 11 is 0. The lowest BCUT2D eigenvalue weighted by Crippen LogP contribution is -2.46. The van der Waals surface area contributed by atoms with Gasteiger partial charge in [-0.25, -0.2) is 0 Å². The fraction of sp³-hybridized carbons (Fsp3) is 0.435. The molecule has 2 amide bonds. The predicted octanol–water partition coefficient (Wildman–Crippen LogP) is 2.62. The van der Waals surface area contributed by atoms with Crippen molar-refractivity contribution in [2.45, 2.75) is 32.1 Å². The Morgan fingerprint density at radius 3 is 2.83 bits per heavy atom. The number of hydrogen-bond acceptors (Lipinski definition) is 4. The number of likely N-dealkylation sites (tertiary alicyclic amines) is 1. The Kier molecular flexibility index (Phi) is 7.61. The normalized spacial score (nSPS) is 16.5. The SMILES string of the molecule is COc1ccccc1CCCNC(=O)[C@H]1CCC(=O)N(CCc2ccccn2)C1. The number of piperidine rings is 1. The summed E-state index contributed by atoms with van der Waals surface area (Å²) in [6, 6.07) is 13.7. The summed E-state index contributed by atoms with van der Waals surface area (Å²) in [5, 5.41) is 3.04. The fourth-order valence-electron chi connectivity index (χ4n) is 3.68. The van der Waals surface area contributed by atoms with Gasteiger partial charge in [0.05, 0.1) is 13.0 Å². The zero-order chi connectivity index (χ0) is 20.5.